The number of rotatable bonds is 4. The van der Waals surface area contributed by atoms with Gasteiger partial charge in [-0.2, -0.15) is 5.10 Å². The maximum atomic E-state index is 12.9. The predicted molar refractivity (Wildman–Crippen MR) is 99.2 cm³/mol. The van der Waals surface area contributed by atoms with Crippen molar-refractivity contribution in [3.05, 3.63) is 69.9 Å². The van der Waals surface area contributed by atoms with Crippen molar-refractivity contribution in [2.75, 3.05) is 19.8 Å². The summed E-state index contributed by atoms with van der Waals surface area (Å²) in [5.74, 6) is 0.651. The van der Waals surface area contributed by atoms with Crippen LogP contribution >= 0.6 is 11.3 Å². The maximum absolute atomic E-state index is 12.9. The van der Waals surface area contributed by atoms with E-state index in [1.54, 1.807) is 11.0 Å². The average Bonchev–Trinajstić information content (AvgIpc) is 3.31. The highest BCUT2D eigenvalue weighted by molar-refractivity contribution is 7.12. The molecule has 0 radical (unpaired) electrons. The second-order valence-electron chi connectivity index (χ2n) is 6.36. The molecular weight excluding hydrogens is 348 g/mol. The fourth-order valence-corrected chi connectivity index (χ4v) is 3.91. The molecule has 1 aliphatic rings. The Morgan fingerprint density at radius 1 is 1.35 bits per heavy atom. The van der Waals surface area contributed by atoms with Crippen LogP contribution in [-0.4, -0.2) is 45.3 Å². The summed E-state index contributed by atoms with van der Waals surface area (Å²) >= 11 is 1.48. The summed E-state index contributed by atoms with van der Waals surface area (Å²) in [6.45, 7) is 4.16. The molecule has 1 aromatic carbocycles. The van der Waals surface area contributed by atoms with Crippen LogP contribution in [0.3, 0.4) is 0 Å². The number of aryl methyl sites for hydroxylation is 1. The van der Waals surface area contributed by atoms with Gasteiger partial charge in [0.2, 0.25) is 0 Å². The van der Waals surface area contributed by atoms with Crippen LogP contribution in [0.1, 0.15) is 32.7 Å². The zero-order chi connectivity index (χ0) is 17.9. The van der Waals surface area contributed by atoms with Crippen molar-refractivity contribution in [3.8, 4) is 0 Å². The molecule has 1 aliphatic heterocycles. The number of ether oxygens (including phenoxy) is 1. The Morgan fingerprint density at radius 3 is 2.96 bits per heavy atom. The van der Waals surface area contributed by atoms with Crippen molar-refractivity contribution in [2.24, 2.45) is 0 Å². The van der Waals surface area contributed by atoms with Crippen molar-refractivity contribution in [1.29, 1.82) is 0 Å². The molecule has 0 aliphatic carbocycles. The van der Waals surface area contributed by atoms with E-state index in [0.29, 0.717) is 32.1 Å². The third-order valence-corrected chi connectivity index (χ3v) is 5.41. The second kappa shape index (κ2) is 7.39. The van der Waals surface area contributed by atoms with E-state index in [2.05, 4.69) is 22.2 Å². The average molecular weight is 368 g/mol. The van der Waals surface area contributed by atoms with E-state index in [0.717, 1.165) is 16.0 Å². The first-order valence-electron chi connectivity index (χ1n) is 8.58. The van der Waals surface area contributed by atoms with Gasteiger partial charge in [0.15, 0.2) is 5.82 Å². The van der Waals surface area contributed by atoms with E-state index >= 15 is 0 Å². The quantitative estimate of drug-likeness (QED) is 0.710. The van der Waals surface area contributed by atoms with Crippen LogP contribution in [0.15, 0.2) is 48.1 Å². The Bertz CT molecular complexity index is 890. The molecule has 1 amide bonds. The molecule has 0 spiro atoms. The number of carbonyl (C=O) groups is 1. The Morgan fingerprint density at radius 2 is 2.19 bits per heavy atom. The number of amides is 1. The summed E-state index contributed by atoms with van der Waals surface area (Å²) in [5.41, 5.74) is 2.26. The molecule has 7 heteroatoms. The van der Waals surface area contributed by atoms with Crippen LogP contribution in [0, 0.1) is 6.92 Å². The van der Waals surface area contributed by atoms with Gasteiger partial charge >= 0.3 is 0 Å². The highest BCUT2D eigenvalue weighted by atomic mass is 32.1. The van der Waals surface area contributed by atoms with Gasteiger partial charge in [-0.05, 0) is 29.5 Å². The molecule has 1 saturated heterocycles. The molecule has 6 nitrogen and oxygen atoms in total. The Hall–Kier alpha value is -2.51. The lowest BCUT2D eigenvalue weighted by Crippen LogP contribution is -2.43. The lowest BCUT2D eigenvalue weighted by Gasteiger charge is -2.33. The summed E-state index contributed by atoms with van der Waals surface area (Å²) in [5, 5.41) is 6.59. The number of benzene rings is 1. The highest BCUT2D eigenvalue weighted by Gasteiger charge is 2.32. The molecule has 1 unspecified atom stereocenters. The zero-order valence-electron chi connectivity index (χ0n) is 14.5. The van der Waals surface area contributed by atoms with E-state index < -0.39 is 0 Å². The molecule has 3 aromatic rings. The zero-order valence-corrected chi connectivity index (χ0v) is 15.4. The molecule has 1 fully saturated rings. The van der Waals surface area contributed by atoms with Crippen LogP contribution in [0.5, 0.6) is 0 Å². The minimum absolute atomic E-state index is 0.0239. The van der Waals surface area contributed by atoms with Gasteiger partial charge in [-0.25, -0.2) is 9.67 Å². The molecule has 2 aromatic heterocycles. The van der Waals surface area contributed by atoms with Crippen molar-refractivity contribution in [3.63, 3.8) is 0 Å². The third kappa shape index (κ3) is 3.54. The first kappa shape index (κ1) is 16.9. The van der Waals surface area contributed by atoms with Crippen LogP contribution in [-0.2, 0) is 11.3 Å². The Labute approximate surface area is 156 Å². The van der Waals surface area contributed by atoms with Gasteiger partial charge in [0.25, 0.3) is 5.91 Å². The number of thiophene rings is 1. The van der Waals surface area contributed by atoms with Crippen molar-refractivity contribution in [1.82, 2.24) is 19.7 Å². The van der Waals surface area contributed by atoms with Crippen LogP contribution in [0.25, 0.3) is 0 Å². The smallest absolute Gasteiger partial charge is 0.264 e. The number of morpholine rings is 1. The van der Waals surface area contributed by atoms with Gasteiger partial charge < -0.3 is 9.64 Å². The molecule has 3 heterocycles. The fraction of sp³-hybridized carbons (Fsp3) is 0.316. The van der Waals surface area contributed by atoms with E-state index in [1.165, 1.54) is 11.3 Å². The second-order valence-corrected chi connectivity index (χ2v) is 7.27. The molecule has 0 saturated carbocycles. The van der Waals surface area contributed by atoms with Gasteiger partial charge in [0, 0.05) is 6.54 Å². The first-order chi connectivity index (χ1) is 12.7. The summed E-state index contributed by atoms with van der Waals surface area (Å²) in [4.78, 5) is 19.9. The summed E-state index contributed by atoms with van der Waals surface area (Å²) < 4.78 is 7.41. The van der Waals surface area contributed by atoms with Gasteiger partial charge in [-0.3, -0.25) is 4.79 Å². The van der Waals surface area contributed by atoms with E-state index in [4.69, 9.17) is 4.74 Å². The molecular formula is C19H20N4O2S. The SMILES string of the molecule is Cc1csc(C(=O)N2CCOCC2c2ncn(Cc3ccccc3)n2)c1. The van der Waals surface area contributed by atoms with Gasteiger partial charge in [-0.15, -0.1) is 11.3 Å². The highest BCUT2D eigenvalue weighted by Crippen LogP contribution is 2.25. The first-order valence-corrected chi connectivity index (χ1v) is 9.46. The Balaban J connectivity index is 1.54. The Kier molecular flexibility index (Phi) is 4.81. The number of carbonyl (C=O) groups excluding carboxylic acids is 1. The minimum Gasteiger partial charge on any atom is -0.377 e. The third-order valence-electron chi connectivity index (χ3n) is 4.37. The predicted octanol–water partition coefficient (Wildman–Crippen LogP) is 2.91. The fourth-order valence-electron chi connectivity index (χ4n) is 3.05. The molecule has 26 heavy (non-hydrogen) atoms. The number of hydrogen-bond acceptors (Lipinski definition) is 5. The van der Waals surface area contributed by atoms with Crippen LogP contribution in [0.2, 0.25) is 0 Å². The normalized spacial score (nSPS) is 17.4. The number of aromatic nitrogens is 3. The number of hydrogen-bond donors (Lipinski definition) is 0. The molecule has 0 N–H and O–H groups in total. The standard InChI is InChI=1S/C19H20N4O2S/c1-14-9-17(26-12-14)19(24)23-7-8-25-11-16(23)18-20-13-22(21-18)10-15-5-3-2-4-6-15/h2-6,9,12-13,16H,7-8,10-11H2,1H3. The van der Waals surface area contributed by atoms with E-state index in [1.807, 2.05) is 41.5 Å². The largest absolute Gasteiger partial charge is 0.377 e. The maximum Gasteiger partial charge on any atom is 0.264 e. The lowest BCUT2D eigenvalue weighted by atomic mass is 10.2. The van der Waals surface area contributed by atoms with Crippen molar-refractivity contribution in [2.45, 2.75) is 19.5 Å². The molecule has 0 bridgehead atoms. The van der Waals surface area contributed by atoms with Gasteiger partial charge in [-0.1, -0.05) is 30.3 Å². The topological polar surface area (TPSA) is 60.3 Å². The molecule has 1 atom stereocenters. The van der Waals surface area contributed by atoms with Gasteiger partial charge in [0.05, 0.1) is 24.6 Å². The monoisotopic (exact) mass is 368 g/mol. The summed E-state index contributed by atoms with van der Waals surface area (Å²) in [7, 11) is 0. The minimum atomic E-state index is -0.254. The summed E-state index contributed by atoms with van der Waals surface area (Å²) in [6, 6.07) is 11.8. The lowest BCUT2D eigenvalue weighted by molar-refractivity contribution is -0.00498. The van der Waals surface area contributed by atoms with Crippen molar-refractivity contribution >= 4 is 17.2 Å². The summed E-state index contributed by atoms with van der Waals surface area (Å²) in [6.07, 6.45) is 1.72. The van der Waals surface area contributed by atoms with E-state index in [9.17, 15) is 4.79 Å². The van der Waals surface area contributed by atoms with Crippen LogP contribution < -0.4 is 0 Å². The molecule has 134 valence electrons. The van der Waals surface area contributed by atoms with Gasteiger partial charge in [0.1, 0.15) is 12.4 Å². The number of nitrogens with zero attached hydrogens (tertiary/aromatic N) is 4. The molecule has 4 rings (SSSR count). The van der Waals surface area contributed by atoms with E-state index in [-0.39, 0.29) is 11.9 Å². The van der Waals surface area contributed by atoms with Crippen molar-refractivity contribution < 1.29 is 9.53 Å². The van der Waals surface area contributed by atoms with Crippen LogP contribution in [0.4, 0.5) is 0 Å².